The van der Waals surface area contributed by atoms with E-state index in [-0.39, 0.29) is 5.91 Å². The number of carbonyl (C=O) groups excluding carboxylic acids is 1. The molecule has 1 saturated heterocycles. The minimum atomic E-state index is 0.150. The highest BCUT2D eigenvalue weighted by Gasteiger charge is 2.44. The van der Waals surface area contributed by atoms with Crippen LogP contribution in [0.2, 0.25) is 0 Å². The average Bonchev–Trinajstić information content (AvgIpc) is 3.17. The summed E-state index contributed by atoms with van der Waals surface area (Å²) in [6.07, 6.45) is 6.05. The Kier molecular flexibility index (Phi) is 3.27. The lowest BCUT2D eigenvalue weighted by Crippen LogP contribution is -2.36. The van der Waals surface area contributed by atoms with Crippen LogP contribution in [0.3, 0.4) is 0 Å². The van der Waals surface area contributed by atoms with E-state index in [2.05, 4.69) is 24.0 Å². The van der Waals surface area contributed by atoms with Crippen LogP contribution >= 0.6 is 0 Å². The third kappa shape index (κ3) is 2.50. The van der Waals surface area contributed by atoms with Crippen LogP contribution in [0.25, 0.3) is 0 Å². The van der Waals surface area contributed by atoms with Gasteiger partial charge in [-0.2, -0.15) is 0 Å². The Morgan fingerprint density at radius 2 is 1.95 bits per heavy atom. The minimum Gasteiger partial charge on any atom is -0.337 e. The van der Waals surface area contributed by atoms with Gasteiger partial charge in [-0.15, -0.1) is 0 Å². The molecule has 19 heavy (non-hydrogen) atoms. The number of amides is 1. The minimum absolute atomic E-state index is 0.150. The molecular formula is C15H21N3O. The molecule has 1 amide bonds. The number of carbonyl (C=O) groups is 1. The molecule has 0 spiro atoms. The monoisotopic (exact) mass is 259 g/mol. The molecule has 0 aromatic carbocycles. The van der Waals surface area contributed by atoms with Crippen molar-refractivity contribution < 1.29 is 4.79 Å². The summed E-state index contributed by atoms with van der Waals surface area (Å²) < 4.78 is 0. The Morgan fingerprint density at radius 3 is 2.53 bits per heavy atom. The predicted octanol–water partition coefficient (Wildman–Crippen LogP) is 1.49. The van der Waals surface area contributed by atoms with E-state index in [1.807, 2.05) is 4.90 Å². The number of pyridine rings is 1. The molecule has 0 bridgehead atoms. The lowest BCUT2D eigenvalue weighted by Gasteiger charge is -2.24. The first-order chi connectivity index (χ1) is 9.16. The Bertz CT molecular complexity index is 446. The molecule has 0 radical (unpaired) electrons. The summed E-state index contributed by atoms with van der Waals surface area (Å²) in [5.74, 6) is 1.64. The molecule has 4 nitrogen and oxygen atoms in total. The zero-order valence-corrected chi connectivity index (χ0v) is 11.6. The summed E-state index contributed by atoms with van der Waals surface area (Å²) in [6, 6.07) is 4.12. The molecule has 2 aliphatic rings. The van der Waals surface area contributed by atoms with E-state index in [1.165, 1.54) is 12.8 Å². The van der Waals surface area contributed by atoms with Gasteiger partial charge < -0.3 is 9.80 Å². The molecule has 1 aromatic heterocycles. The van der Waals surface area contributed by atoms with Crippen LogP contribution < -0.4 is 0 Å². The molecular weight excluding hydrogens is 238 g/mol. The van der Waals surface area contributed by atoms with Gasteiger partial charge in [-0.1, -0.05) is 0 Å². The van der Waals surface area contributed by atoms with E-state index in [1.54, 1.807) is 24.5 Å². The molecule has 102 valence electrons. The second-order valence-electron chi connectivity index (χ2n) is 5.98. The van der Waals surface area contributed by atoms with Crippen molar-refractivity contribution in [2.24, 2.45) is 11.8 Å². The lowest BCUT2D eigenvalue weighted by molar-refractivity contribution is 0.0780. The average molecular weight is 259 g/mol. The van der Waals surface area contributed by atoms with Crippen molar-refractivity contribution in [2.45, 2.75) is 18.9 Å². The number of hydrogen-bond acceptors (Lipinski definition) is 3. The first-order valence-corrected chi connectivity index (χ1v) is 7.02. The Hall–Kier alpha value is -1.42. The van der Waals surface area contributed by atoms with Gasteiger partial charge >= 0.3 is 0 Å². The summed E-state index contributed by atoms with van der Waals surface area (Å²) in [5.41, 5.74) is 0.754. The number of hydrogen-bond donors (Lipinski definition) is 0. The smallest absolute Gasteiger partial charge is 0.254 e. The van der Waals surface area contributed by atoms with Crippen molar-refractivity contribution >= 4 is 5.91 Å². The first kappa shape index (κ1) is 12.6. The van der Waals surface area contributed by atoms with Gasteiger partial charge in [0.15, 0.2) is 0 Å². The van der Waals surface area contributed by atoms with E-state index >= 15 is 0 Å². The van der Waals surface area contributed by atoms with Gasteiger partial charge in [0, 0.05) is 37.1 Å². The topological polar surface area (TPSA) is 36.4 Å². The van der Waals surface area contributed by atoms with Crippen molar-refractivity contribution in [2.75, 3.05) is 27.2 Å². The SMILES string of the molecule is CN(C)[C@@H]1CN(C(=O)c2ccncc2)C[C@H]1C1CC1. The Morgan fingerprint density at radius 1 is 1.26 bits per heavy atom. The lowest BCUT2D eigenvalue weighted by atomic mass is 9.97. The number of aromatic nitrogens is 1. The van der Waals surface area contributed by atoms with Crippen molar-refractivity contribution in [3.8, 4) is 0 Å². The van der Waals surface area contributed by atoms with E-state index in [0.29, 0.717) is 12.0 Å². The molecule has 0 N–H and O–H groups in total. The number of likely N-dealkylation sites (N-methyl/N-ethyl adjacent to an activating group) is 1. The fraction of sp³-hybridized carbons (Fsp3) is 0.600. The Labute approximate surface area is 114 Å². The standard InChI is InChI=1S/C15H21N3O/c1-17(2)14-10-18(9-13(14)11-3-4-11)15(19)12-5-7-16-8-6-12/h5-8,11,13-14H,3-4,9-10H2,1-2H3/t13-,14+/m0/s1. The molecule has 2 fully saturated rings. The molecule has 2 atom stereocenters. The van der Waals surface area contributed by atoms with Crippen molar-refractivity contribution in [3.63, 3.8) is 0 Å². The molecule has 1 aliphatic heterocycles. The maximum Gasteiger partial charge on any atom is 0.254 e. The van der Waals surface area contributed by atoms with E-state index in [0.717, 1.165) is 24.6 Å². The fourth-order valence-electron chi connectivity index (χ4n) is 3.19. The van der Waals surface area contributed by atoms with E-state index in [9.17, 15) is 4.79 Å². The van der Waals surface area contributed by atoms with Gasteiger partial charge in [-0.25, -0.2) is 0 Å². The second kappa shape index (κ2) is 4.93. The number of likely N-dealkylation sites (tertiary alicyclic amines) is 1. The predicted molar refractivity (Wildman–Crippen MR) is 73.8 cm³/mol. The maximum absolute atomic E-state index is 12.5. The van der Waals surface area contributed by atoms with Gasteiger partial charge in [0.25, 0.3) is 5.91 Å². The van der Waals surface area contributed by atoms with E-state index in [4.69, 9.17) is 0 Å². The summed E-state index contributed by atoms with van der Waals surface area (Å²) in [5, 5.41) is 0. The summed E-state index contributed by atoms with van der Waals surface area (Å²) >= 11 is 0. The van der Waals surface area contributed by atoms with Gasteiger partial charge in [-0.3, -0.25) is 9.78 Å². The van der Waals surface area contributed by atoms with Crippen LogP contribution in [0.15, 0.2) is 24.5 Å². The van der Waals surface area contributed by atoms with Crippen molar-refractivity contribution in [1.82, 2.24) is 14.8 Å². The molecule has 0 unspecified atom stereocenters. The van der Waals surface area contributed by atoms with Gasteiger partial charge in [0.05, 0.1) is 0 Å². The van der Waals surface area contributed by atoms with Crippen LogP contribution in [-0.4, -0.2) is 53.9 Å². The highest BCUT2D eigenvalue weighted by atomic mass is 16.2. The normalized spacial score (nSPS) is 27.0. The summed E-state index contributed by atoms with van der Waals surface area (Å²) in [4.78, 5) is 20.8. The maximum atomic E-state index is 12.5. The van der Waals surface area contributed by atoms with Crippen LogP contribution in [-0.2, 0) is 0 Å². The third-order valence-electron chi connectivity index (χ3n) is 4.44. The van der Waals surface area contributed by atoms with Gasteiger partial charge in [-0.05, 0) is 50.9 Å². The Balaban J connectivity index is 1.74. The highest BCUT2D eigenvalue weighted by Crippen LogP contribution is 2.42. The molecule has 4 heteroatoms. The zero-order chi connectivity index (χ0) is 13.4. The number of rotatable bonds is 3. The molecule has 1 saturated carbocycles. The van der Waals surface area contributed by atoms with Crippen molar-refractivity contribution in [1.29, 1.82) is 0 Å². The van der Waals surface area contributed by atoms with Crippen LogP contribution in [0.5, 0.6) is 0 Å². The molecule has 1 aliphatic carbocycles. The third-order valence-corrected chi connectivity index (χ3v) is 4.44. The summed E-state index contributed by atoms with van der Waals surface area (Å²) in [7, 11) is 4.25. The van der Waals surface area contributed by atoms with Crippen molar-refractivity contribution in [3.05, 3.63) is 30.1 Å². The fourth-order valence-corrected chi connectivity index (χ4v) is 3.19. The molecule has 1 aromatic rings. The highest BCUT2D eigenvalue weighted by molar-refractivity contribution is 5.94. The summed E-state index contributed by atoms with van der Waals surface area (Å²) in [6.45, 7) is 1.77. The number of nitrogens with zero attached hydrogens (tertiary/aromatic N) is 3. The van der Waals surface area contributed by atoms with Crippen LogP contribution in [0, 0.1) is 11.8 Å². The molecule has 2 heterocycles. The van der Waals surface area contributed by atoms with E-state index < -0.39 is 0 Å². The second-order valence-corrected chi connectivity index (χ2v) is 5.98. The van der Waals surface area contributed by atoms with Crippen LogP contribution in [0.4, 0.5) is 0 Å². The molecule has 3 rings (SSSR count). The van der Waals surface area contributed by atoms with Gasteiger partial charge in [0.2, 0.25) is 0 Å². The zero-order valence-electron chi connectivity index (χ0n) is 11.6. The van der Waals surface area contributed by atoms with Gasteiger partial charge in [0.1, 0.15) is 0 Å². The first-order valence-electron chi connectivity index (χ1n) is 7.02. The quantitative estimate of drug-likeness (QED) is 0.825. The van der Waals surface area contributed by atoms with Crippen LogP contribution in [0.1, 0.15) is 23.2 Å². The largest absolute Gasteiger partial charge is 0.337 e.